The number of hydrogen-bond acceptors (Lipinski definition) is 6. The first-order chi connectivity index (χ1) is 14.9. The zero-order valence-electron chi connectivity index (χ0n) is 16.2. The molecule has 0 atom stereocenters. The lowest BCUT2D eigenvalue weighted by Gasteiger charge is -2.08. The summed E-state index contributed by atoms with van der Waals surface area (Å²) in [6.45, 7) is 0. The summed E-state index contributed by atoms with van der Waals surface area (Å²) in [6, 6.07) is 18.3. The highest BCUT2D eigenvalue weighted by Crippen LogP contribution is 2.26. The Kier molecular flexibility index (Phi) is 5.46. The molecular weight excluding hydrogens is 420 g/mol. The van der Waals surface area contributed by atoms with Gasteiger partial charge in [-0.3, -0.25) is 14.9 Å². The van der Waals surface area contributed by atoms with Crippen LogP contribution in [0.1, 0.15) is 10.4 Å². The van der Waals surface area contributed by atoms with E-state index in [0.29, 0.717) is 22.3 Å². The molecule has 8 nitrogen and oxygen atoms in total. The highest BCUT2D eigenvalue weighted by molar-refractivity contribution is 6.31. The van der Waals surface area contributed by atoms with Crippen LogP contribution < -0.4 is 10.1 Å². The molecule has 0 aliphatic rings. The van der Waals surface area contributed by atoms with Gasteiger partial charge in [-0.25, -0.2) is 9.97 Å². The molecule has 1 amide bonds. The summed E-state index contributed by atoms with van der Waals surface area (Å²) in [4.78, 5) is 31.5. The number of nitro groups is 1. The van der Waals surface area contributed by atoms with Crippen molar-refractivity contribution in [1.82, 2.24) is 9.97 Å². The zero-order chi connectivity index (χ0) is 22.0. The largest absolute Gasteiger partial charge is 0.479 e. The Morgan fingerprint density at radius 1 is 0.968 bits per heavy atom. The molecular formula is C22H15ClN4O4. The highest BCUT2D eigenvalue weighted by Gasteiger charge is 2.11. The lowest BCUT2D eigenvalue weighted by atomic mass is 10.0. The van der Waals surface area contributed by atoms with E-state index in [1.165, 1.54) is 19.2 Å². The first-order valence-electron chi connectivity index (χ1n) is 9.12. The summed E-state index contributed by atoms with van der Waals surface area (Å²) >= 11 is 5.99. The van der Waals surface area contributed by atoms with Gasteiger partial charge >= 0.3 is 0 Å². The van der Waals surface area contributed by atoms with E-state index in [2.05, 4.69) is 15.3 Å². The number of nitrogens with one attached hydrogen (secondary N) is 1. The summed E-state index contributed by atoms with van der Waals surface area (Å²) in [5, 5.41) is 13.8. The molecule has 0 fully saturated rings. The minimum Gasteiger partial charge on any atom is -0.479 e. The second-order valence-electron chi connectivity index (χ2n) is 6.56. The third-order valence-electron chi connectivity index (χ3n) is 4.60. The molecule has 0 saturated heterocycles. The van der Waals surface area contributed by atoms with Gasteiger partial charge in [0.2, 0.25) is 0 Å². The van der Waals surface area contributed by atoms with E-state index in [1.807, 2.05) is 0 Å². The SMILES string of the molecule is COc1nc2cc(NC(=O)c3ccc(-c4ccc([N+](=O)[O-])cc4)cc3)ccc2nc1Cl. The number of rotatable bonds is 5. The molecule has 0 aliphatic heterocycles. The number of anilines is 1. The minimum atomic E-state index is -0.444. The monoisotopic (exact) mass is 434 g/mol. The second kappa shape index (κ2) is 8.37. The van der Waals surface area contributed by atoms with Crippen molar-refractivity contribution in [3.05, 3.63) is 87.6 Å². The molecule has 3 aromatic carbocycles. The second-order valence-corrected chi connectivity index (χ2v) is 6.92. The number of ether oxygens (including phenoxy) is 1. The van der Waals surface area contributed by atoms with Crippen LogP contribution in [-0.2, 0) is 0 Å². The molecule has 1 heterocycles. The number of amides is 1. The van der Waals surface area contributed by atoms with Gasteiger partial charge < -0.3 is 10.1 Å². The van der Waals surface area contributed by atoms with E-state index in [-0.39, 0.29) is 22.6 Å². The number of methoxy groups -OCH3 is 1. The lowest BCUT2D eigenvalue weighted by molar-refractivity contribution is -0.384. The average Bonchev–Trinajstić information content (AvgIpc) is 2.79. The molecule has 0 saturated carbocycles. The number of nitrogens with zero attached hydrogens (tertiary/aromatic N) is 3. The van der Waals surface area contributed by atoms with Crippen LogP contribution in [-0.4, -0.2) is 27.9 Å². The van der Waals surface area contributed by atoms with Gasteiger partial charge in [-0.15, -0.1) is 0 Å². The van der Waals surface area contributed by atoms with Crippen LogP contribution in [0.15, 0.2) is 66.7 Å². The fraction of sp³-hybridized carbons (Fsp3) is 0.0455. The van der Waals surface area contributed by atoms with Crippen LogP contribution in [0.2, 0.25) is 5.15 Å². The van der Waals surface area contributed by atoms with E-state index in [9.17, 15) is 14.9 Å². The van der Waals surface area contributed by atoms with Crippen molar-refractivity contribution >= 4 is 39.9 Å². The minimum absolute atomic E-state index is 0.0275. The first-order valence-corrected chi connectivity index (χ1v) is 9.50. The number of carbonyl (C=O) groups is 1. The van der Waals surface area contributed by atoms with E-state index in [4.69, 9.17) is 16.3 Å². The third kappa shape index (κ3) is 4.29. The molecule has 31 heavy (non-hydrogen) atoms. The van der Waals surface area contributed by atoms with Crippen molar-refractivity contribution in [1.29, 1.82) is 0 Å². The summed E-state index contributed by atoms with van der Waals surface area (Å²) < 4.78 is 5.08. The van der Waals surface area contributed by atoms with Crippen molar-refractivity contribution in [3.63, 3.8) is 0 Å². The summed E-state index contributed by atoms with van der Waals surface area (Å²) in [7, 11) is 1.45. The molecule has 4 rings (SSSR count). The molecule has 0 spiro atoms. The number of halogens is 1. The number of aromatic nitrogens is 2. The molecule has 9 heteroatoms. The number of non-ortho nitro benzene ring substituents is 1. The van der Waals surface area contributed by atoms with E-state index in [1.54, 1.807) is 54.6 Å². The normalized spacial score (nSPS) is 10.6. The number of hydrogen-bond donors (Lipinski definition) is 1. The lowest BCUT2D eigenvalue weighted by Crippen LogP contribution is -2.11. The van der Waals surface area contributed by atoms with Crippen LogP contribution in [0.3, 0.4) is 0 Å². The van der Waals surface area contributed by atoms with Gasteiger partial charge in [-0.1, -0.05) is 23.7 Å². The van der Waals surface area contributed by atoms with Crippen LogP contribution in [0.5, 0.6) is 5.88 Å². The fourth-order valence-electron chi connectivity index (χ4n) is 3.02. The van der Waals surface area contributed by atoms with Crippen LogP contribution in [0.25, 0.3) is 22.2 Å². The number of fused-ring (bicyclic) bond motifs is 1. The fourth-order valence-corrected chi connectivity index (χ4v) is 3.23. The van der Waals surface area contributed by atoms with E-state index in [0.717, 1.165) is 11.1 Å². The van der Waals surface area contributed by atoms with Gasteiger partial charge in [0.05, 0.1) is 23.1 Å². The van der Waals surface area contributed by atoms with Gasteiger partial charge in [0.1, 0.15) is 0 Å². The Bertz CT molecular complexity index is 1290. The Morgan fingerprint density at radius 3 is 2.23 bits per heavy atom. The Labute approximate surface area is 181 Å². The van der Waals surface area contributed by atoms with Crippen molar-refractivity contribution in [3.8, 4) is 17.0 Å². The smallest absolute Gasteiger partial charge is 0.269 e. The highest BCUT2D eigenvalue weighted by atomic mass is 35.5. The Hall–Kier alpha value is -4.04. The number of nitro benzene ring substituents is 1. The predicted octanol–water partition coefficient (Wildman–Crippen LogP) is 5.12. The van der Waals surface area contributed by atoms with E-state index >= 15 is 0 Å². The van der Waals surface area contributed by atoms with Gasteiger partial charge in [0.25, 0.3) is 17.5 Å². The molecule has 0 unspecified atom stereocenters. The van der Waals surface area contributed by atoms with Gasteiger partial charge in [-0.2, -0.15) is 0 Å². The maximum absolute atomic E-state index is 12.6. The van der Waals surface area contributed by atoms with Gasteiger partial charge in [0, 0.05) is 23.4 Å². The number of benzene rings is 3. The topological polar surface area (TPSA) is 107 Å². The van der Waals surface area contributed by atoms with Gasteiger partial charge in [0.15, 0.2) is 5.15 Å². The summed E-state index contributed by atoms with van der Waals surface area (Å²) in [5.41, 5.74) is 3.82. The molecule has 1 N–H and O–H groups in total. The maximum Gasteiger partial charge on any atom is 0.269 e. The summed E-state index contributed by atoms with van der Waals surface area (Å²) in [6.07, 6.45) is 0. The molecule has 0 radical (unpaired) electrons. The molecule has 4 aromatic rings. The molecule has 0 bridgehead atoms. The third-order valence-corrected chi connectivity index (χ3v) is 4.85. The van der Waals surface area contributed by atoms with E-state index < -0.39 is 4.92 Å². The summed E-state index contributed by atoms with van der Waals surface area (Å²) in [5.74, 6) is -0.0806. The predicted molar refractivity (Wildman–Crippen MR) is 118 cm³/mol. The molecule has 1 aromatic heterocycles. The molecule has 154 valence electrons. The zero-order valence-corrected chi connectivity index (χ0v) is 17.0. The van der Waals surface area contributed by atoms with Crippen LogP contribution in [0.4, 0.5) is 11.4 Å². The maximum atomic E-state index is 12.6. The average molecular weight is 435 g/mol. The van der Waals surface area contributed by atoms with Crippen LogP contribution in [0, 0.1) is 10.1 Å². The Morgan fingerprint density at radius 2 is 1.61 bits per heavy atom. The standard InChI is InChI=1S/C22H15ClN4O4/c1-31-22-20(23)25-18-11-8-16(12-19(18)26-22)24-21(28)15-4-2-13(3-5-15)14-6-9-17(10-7-14)27(29)30/h2-12H,1H3,(H,24,28). The van der Waals surface area contributed by atoms with Crippen LogP contribution >= 0.6 is 11.6 Å². The first kappa shape index (κ1) is 20.2. The van der Waals surface area contributed by atoms with Gasteiger partial charge in [-0.05, 0) is 53.6 Å². The van der Waals surface area contributed by atoms with Crippen molar-refractivity contribution in [2.24, 2.45) is 0 Å². The quantitative estimate of drug-likeness (QED) is 0.345. The molecule has 0 aliphatic carbocycles. The van der Waals surface area contributed by atoms with Crippen molar-refractivity contribution in [2.45, 2.75) is 0 Å². The van der Waals surface area contributed by atoms with Crippen molar-refractivity contribution in [2.75, 3.05) is 12.4 Å². The Balaban J connectivity index is 1.52. The number of carbonyl (C=O) groups excluding carboxylic acids is 1. The van der Waals surface area contributed by atoms with Crippen molar-refractivity contribution < 1.29 is 14.5 Å².